The molecule has 1 N–H and O–H groups in total. The van der Waals surface area contributed by atoms with Gasteiger partial charge in [0.05, 0.1) is 21.6 Å². The number of carboxylic acid groups (broad SMARTS) is 1. The Kier molecular flexibility index (Phi) is 7.94. The van der Waals surface area contributed by atoms with Crippen LogP contribution in [0.4, 0.5) is 0 Å². The normalized spacial score (nSPS) is 15.7. The van der Waals surface area contributed by atoms with Gasteiger partial charge in [-0.15, -0.1) is 11.3 Å². The molecule has 3 aromatic heterocycles. The van der Waals surface area contributed by atoms with Crippen molar-refractivity contribution in [2.45, 2.75) is 33.2 Å². The van der Waals surface area contributed by atoms with Gasteiger partial charge in [-0.1, -0.05) is 54.6 Å². The number of aromatic nitrogens is 2. The number of aromatic carboxylic acids is 1. The van der Waals surface area contributed by atoms with Gasteiger partial charge in [0.15, 0.2) is 11.7 Å². The molecular formula is C34H36N4O4S. The molecule has 0 spiro atoms. The lowest BCUT2D eigenvalue weighted by atomic mass is 9.98. The fourth-order valence-electron chi connectivity index (χ4n) is 6.31. The Labute approximate surface area is 255 Å². The van der Waals surface area contributed by atoms with E-state index >= 15 is 0 Å². The SMILES string of the molecule is Cc1nc(C)c(-c2ccc(-c3c(-c4ccccc4)c4sc(C(=O)O)cc4n3CC(=O)N(C)CC3CCCN(C)C3)cc2)o1. The number of amides is 1. The fraction of sp³-hybridized carbons (Fsp3) is 0.324. The van der Waals surface area contributed by atoms with E-state index in [4.69, 9.17) is 4.42 Å². The minimum atomic E-state index is -0.972. The third kappa shape index (κ3) is 5.75. The summed E-state index contributed by atoms with van der Waals surface area (Å²) in [5.74, 6) is 0.819. The molecule has 6 rings (SSSR count). The zero-order valence-corrected chi connectivity index (χ0v) is 25.8. The summed E-state index contributed by atoms with van der Waals surface area (Å²) in [5, 5.41) is 9.89. The van der Waals surface area contributed by atoms with Crippen LogP contribution in [0.15, 0.2) is 65.1 Å². The van der Waals surface area contributed by atoms with Crippen LogP contribution >= 0.6 is 11.3 Å². The van der Waals surface area contributed by atoms with Crippen molar-refractivity contribution < 1.29 is 19.1 Å². The lowest BCUT2D eigenvalue weighted by Crippen LogP contribution is -2.40. The van der Waals surface area contributed by atoms with Crippen LogP contribution in [0, 0.1) is 19.8 Å². The van der Waals surface area contributed by atoms with Crippen LogP contribution in [-0.2, 0) is 11.3 Å². The van der Waals surface area contributed by atoms with Gasteiger partial charge in [0.25, 0.3) is 0 Å². The van der Waals surface area contributed by atoms with E-state index in [-0.39, 0.29) is 17.3 Å². The van der Waals surface area contributed by atoms with Gasteiger partial charge in [0.1, 0.15) is 11.4 Å². The highest BCUT2D eigenvalue weighted by Gasteiger charge is 2.27. The molecule has 1 aliphatic rings. The maximum absolute atomic E-state index is 13.8. The number of fused-ring (bicyclic) bond motifs is 1. The number of hydrogen-bond acceptors (Lipinski definition) is 6. The fourth-order valence-corrected chi connectivity index (χ4v) is 7.38. The summed E-state index contributed by atoms with van der Waals surface area (Å²) in [6, 6.07) is 19.8. The van der Waals surface area contributed by atoms with E-state index in [1.54, 1.807) is 6.07 Å². The van der Waals surface area contributed by atoms with Crippen molar-refractivity contribution >= 4 is 33.4 Å². The van der Waals surface area contributed by atoms with E-state index < -0.39 is 5.97 Å². The number of carbonyl (C=O) groups excluding carboxylic acids is 1. The minimum Gasteiger partial charge on any atom is -0.477 e. The smallest absolute Gasteiger partial charge is 0.345 e. The summed E-state index contributed by atoms with van der Waals surface area (Å²) in [6.07, 6.45) is 2.25. The van der Waals surface area contributed by atoms with E-state index in [1.165, 1.54) is 11.3 Å². The van der Waals surface area contributed by atoms with Gasteiger partial charge in [-0.3, -0.25) is 4.79 Å². The van der Waals surface area contributed by atoms with Gasteiger partial charge in [0, 0.05) is 38.2 Å². The second kappa shape index (κ2) is 11.8. The number of likely N-dealkylation sites (tertiary alicyclic amines) is 1. The van der Waals surface area contributed by atoms with Crippen molar-refractivity contribution in [3.05, 3.63) is 77.1 Å². The quantitative estimate of drug-likeness (QED) is 0.212. The van der Waals surface area contributed by atoms with Crippen LogP contribution in [0.25, 0.3) is 43.9 Å². The molecular weight excluding hydrogens is 560 g/mol. The van der Waals surface area contributed by atoms with Crippen LogP contribution < -0.4 is 0 Å². The molecule has 1 atom stereocenters. The van der Waals surface area contributed by atoms with Gasteiger partial charge in [0.2, 0.25) is 5.91 Å². The van der Waals surface area contributed by atoms with Crippen molar-refractivity contribution in [2.75, 3.05) is 33.7 Å². The van der Waals surface area contributed by atoms with Crippen molar-refractivity contribution in [3.8, 4) is 33.7 Å². The Morgan fingerprint density at radius 3 is 2.44 bits per heavy atom. The van der Waals surface area contributed by atoms with Crippen LogP contribution in [-0.4, -0.2) is 70.1 Å². The summed E-state index contributed by atoms with van der Waals surface area (Å²) in [4.78, 5) is 34.7. The number of piperidine rings is 1. The lowest BCUT2D eigenvalue weighted by Gasteiger charge is -2.32. The second-order valence-electron chi connectivity index (χ2n) is 11.6. The zero-order chi connectivity index (χ0) is 30.2. The minimum absolute atomic E-state index is 0.00144. The van der Waals surface area contributed by atoms with Crippen molar-refractivity contribution in [1.29, 1.82) is 0 Å². The molecule has 5 aromatic rings. The molecule has 222 valence electrons. The number of nitrogens with zero attached hydrogens (tertiary/aromatic N) is 4. The van der Waals surface area contributed by atoms with Gasteiger partial charge in [-0.25, -0.2) is 9.78 Å². The highest BCUT2D eigenvalue weighted by molar-refractivity contribution is 7.21. The molecule has 1 saturated heterocycles. The molecule has 0 radical (unpaired) electrons. The molecule has 8 nitrogen and oxygen atoms in total. The number of benzene rings is 2. The maximum Gasteiger partial charge on any atom is 0.345 e. The van der Waals surface area contributed by atoms with E-state index in [9.17, 15) is 14.7 Å². The molecule has 1 fully saturated rings. The van der Waals surface area contributed by atoms with Crippen LogP contribution in [0.2, 0.25) is 0 Å². The Morgan fingerprint density at radius 1 is 1.07 bits per heavy atom. The van der Waals surface area contributed by atoms with Gasteiger partial charge >= 0.3 is 5.97 Å². The first-order valence-corrected chi connectivity index (χ1v) is 15.4. The molecule has 0 saturated carbocycles. The summed E-state index contributed by atoms with van der Waals surface area (Å²) in [6.45, 7) is 6.65. The van der Waals surface area contributed by atoms with E-state index in [2.05, 4.69) is 16.9 Å². The number of rotatable bonds is 8. The standard InChI is InChI=1S/C34H36N4O4S/c1-21-32(42-22(2)35-21)26-14-12-25(13-15-26)31-30(24-10-6-5-7-11-24)33-27(17-28(43-33)34(40)41)38(31)20-29(39)37(4)19-23-9-8-16-36(3)18-23/h5-7,10-15,17,23H,8-9,16,18-20H2,1-4H3,(H,40,41). The number of aryl methyl sites for hydroxylation is 2. The Hall–Kier alpha value is -4.21. The number of thiophene rings is 1. The van der Waals surface area contributed by atoms with E-state index in [1.807, 2.05) is 85.0 Å². The summed E-state index contributed by atoms with van der Waals surface area (Å²) < 4.78 is 8.72. The van der Waals surface area contributed by atoms with Crippen molar-refractivity contribution in [2.24, 2.45) is 5.92 Å². The predicted octanol–water partition coefficient (Wildman–Crippen LogP) is 6.81. The molecule has 0 aliphatic carbocycles. The topological polar surface area (TPSA) is 91.8 Å². The third-order valence-electron chi connectivity index (χ3n) is 8.31. The predicted molar refractivity (Wildman–Crippen MR) is 170 cm³/mol. The molecule has 1 unspecified atom stereocenters. The van der Waals surface area contributed by atoms with Crippen LogP contribution in [0.5, 0.6) is 0 Å². The van der Waals surface area contributed by atoms with E-state index in [0.717, 1.165) is 75.5 Å². The van der Waals surface area contributed by atoms with Gasteiger partial charge in [-0.2, -0.15) is 0 Å². The third-order valence-corrected chi connectivity index (χ3v) is 9.44. The largest absolute Gasteiger partial charge is 0.477 e. The molecule has 2 aromatic carbocycles. The number of carbonyl (C=O) groups is 2. The Bertz CT molecular complexity index is 1780. The van der Waals surface area contributed by atoms with Gasteiger partial charge < -0.3 is 23.9 Å². The highest BCUT2D eigenvalue weighted by Crippen LogP contribution is 2.45. The molecule has 9 heteroatoms. The molecule has 4 heterocycles. The monoisotopic (exact) mass is 596 g/mol. The number of likely N-dealkylation sites (N-methyl/N-ethyl adjacent to an activating group) is 1. The number of carboxylic acids is 1. The second-order valence-corrected chi connectivity index (χ2v) is 12.6. The van der Waals surface area contributed by atoms with Gasteiger partial charge in [-0.05, 0) is 56.5 Å². The average Bonchev–Trinajstić information content (AvgIpc) is 3.65. The molecule has 43 heavy (non-hydrogen) atoms. The summed E-state index contributed by atoms with van der Waals surface area (Å²) >= 11 is 1.25. The Balaban J connectivity index is 1.46. The first kappa shape index (κ1) is 28.9. The average molecular weight is 597 g/mol. The summed E-state index contributed by atoms with van der Waals surface area (Å²) in [7, 11) is 4.01. The molecule has 1 amide bonds. The van der Waals surface area contributed by atoms with E-state index in [0.29, 0.717) is 18.4 Å². The van der Waals surface area contributed by atoms with Crippen molar-refractivity contribution in [1.82, 2.24) is 19.4 Å². The first-order chi connectivity index (χ1) is 20.7. The number of hydrogen-bond donors (Lipinski definition) is 1. The maximum atomic E-state index is 13.8. The Morgan fingerprint density at radius 2 is 1.79 bits per heavy atom. The van der Waals surface area contributed by atoms with Crippen LogP contribution in [0.1, 0.15) is 34.1 Å². The highest BCUT2D eigenvalue weighted by atomic mass is 32.1. The van der Waals surface area contributed by atoms with Crippen LogP contribution in [0.3, 0.4) is 0 Å². The summed E-state index contributed by atoms with van der Waals surface area (Å²) in [5.41, 5.74) is 6.22. The zero-order valence-electron chi connectivity index (χ0n) is 25.0. The first-order valence-electron chi connectivity index (χ1n) is 14.6. The molecule has 0 bridgehead atoms. The lowest BCUT2D eigenvalue weighted by molar-refractivity contribution is -0.131. The molecule has 1 aliphatic heterocycles. The number of oxazole rings is 1. The van der Waals surface area contributed by atoms with Crippen molar-refractivity contribution in [3.63, 3.8) is 0 Å².